The zero-order valence-electron chi connectivity index (χ0n) is 17.3. The highest BCUT2D eigenvalue weighted by atomic mass is 32.2. The maximum atomic E-state index is 13.0. The molecule has 166 valence electrons. The summed E-state index contributed by atoms with van der Waals surface area (Å²) >= 11 is 0. The van der Waals surface area contributed by atoms with E-state index >= 15 is 0 Å². The second-order valence-electron chi connectivity index (χ2n) is 7.50. The van der Waals surface area contributed by atoms with Crippen LogP contribution < -0.4 is 4.72 Å². The number of nitrogens with zero attached hydrogens (tertiary/aromatic N) is 1. The average Bonchev–Trinajstić information content (AvgIpc) is 2.84. The number of hydrogen-bond donors (Lipinski definition) is 1. The largest absolute Gasteiger partial charge is 0.370 e. The van der Waals surface area contributed by atoms with Gasteiger partial charge in [-0.1, -0.05) is 42.5 Å². The minimum absolute atomic E-state index is 0.00835. The standard InChI is InChI=1S/C24H23FN2O4S/c25-21-10-12-22(13-11-21)32(29,30)26-16-18-6-8-20(9-7-18)24(28)27-14-15-31-23(17-27)19-4-2-1-3-5-19/h1-13,23,26H,14-17H2. The first-order valence-corrected chi connectivity index (χ1v) is 11.7. The van der Waals surface area contributed by atoms with E-state index in [-0.39, 0.29) is 23.5 Å². The van der Waals surface area contributed by atoms with Gasteiger partial charge in [-0.25, -0.2) is 17.5 Å². The third-order valence-electron chi connectivity index (χ3n) is 5.32. The number of ether oxygens (including phenoxy) is 1. The number of carbonyl (C=O) groups is 1. The highest BCUT2D eigenvalue weighted by molar-refractivity contribution is 7.89. The molecule has 0 aromatic heterocycles. The Morgan fingerprint density at radius 3 is 2.38 bits per heavy atom. The highest BCUT2D eigenvalue weighted by Crippen LogP contribution is 2.23. The molecule has 0 saturated carbocycles. The number of nitrogens with one attached hydrogen (secondary N) is 1. The minimum atomic E-state index is -3.76. The van der Waals surface area contributed by atoms with E-state index in [1.54, 1.807) is 29.2 Å². The van der Waals surface area contributed by atoms with Crippen LogP contribution in [0.3, 0.4) is 0 Å². The normalized spacial score (nSPS) is 16.7. The van der Waals surface area contributed by atoms with Crippen LogP contribution >= 0.6 is 0 Å². The van der Waals surface area contributed by atoms with Crippen molar-refractivity contribution in [2.45, 2.75) is 17.5 Å². The summed E-state index contributed by atoms with van der Waals surface area (Å²) in [4.78, 5) is 14.7. The van der Waals surface area contributed by atoms with Crippen molar-refractivity contribution >= 4 is 15.9 Å². The van der Waals surface area contributed by atoms with Gasteiger partial charge in [-0.15, -0.1) is 0 Å². The Morgan fingerprint density at radius 2 is 1.69 bits per heavy atom. The molecule has 3 aromatic rings. The Hall–Kier alpha value is -3.07. The molecule has 1 aliphatic heterocycles. The zero-order chi connectivity index (χ0) is 22.6. The Kier molecular flexibility index (Phi) is 6.64. The molecular weight excluding hydrogens is 431 g/mol. The van der Waals surface area contributed by atoms with E-state index in [9.17, 15) is 17.6 Å². The third kappa shape index (κ3) is 5.21. The van der Waals surface area contributed by atoms with Gasteiger partial charge in [0.25, 0.3) is 5.91 Å². The van der Waals surface area contributed by atoms with Gasteiger partial charge in [0.05, 0.1) is 18.0 Å². The highest BCUT2D eigenvalue weighted by Gasteiger charge is 2.26. The van der Waals surface area contributed by atoms with Crippen LogP contribution in [0.1, 0.15) is 27.6 Å². The zero-order valence-corrected chi connectivity index (χ0v) is 18.1. The Bertz CT molecular complexity index is 1170. The summed E-state index contributed by atoms with van der Waals surface area (Å²) in [6.07, 6.45) is -0.158. The molecule has 0 bridgehead atoms. The van der Waals surface area contributed by atoms with Crippen LogP contribution in [0.4, 0.5) is 4.39 Å². The predicted octanol–water partition coefficient (Wildman–Crippen LogP) is 3.52. The summed E-state index contributed by atoms with van der Waals surface area (Å²) in [5.41, 5.74) is 2.27. The molecule has 0 aliphatic carbocycles. The number of rotatable bonds is 6. The van der Waals surface area contributed by atoms with Crippen LogP contribution in [-0.4, -0.2) is 38.9 Å². The van der Waals surface area contributed by atoms with E-state index in [0.29, 0.717) is 30.8 Å². The lowest BCUT2D eigenvalue weighted by Gasteiger charge is -2.33. The molecule has 0 spiro atoms. The molecular formula is C24H23FN2O4S. The van der Waals surface area contributed by atoms with Gasteiger partial charge in [-0.3, -0.25) is 4.79 Å². The number of halogens is 1. The Labute approximate surface area is 186 Å². The van der Waals surface area contributed by atoms with Gasteiger partial charge in [-0.05, 0) is 47.5 Å². The summed E-state index contributed by atoms with van der Waals surface area (Å²) in [5, 5.41) is 0. The van der Waals surface area contributed by atoms with Crippen LogP contribution in [0.25, 0.3) is 0 Å². The number of sulfonamides is 1. The van der Waals surface area contributed by atoms with Gasteiger partial charge in [0.15, 0.2) is 0 Å². The number of amides is 1. The van der Waals surface area contributed by atoms with Gasteiger partial charge in [0, 0.05) is 18.7 Å². The Morgan fingerprint density at radius 1 is 1.00 bits per heavy atom. The molecule has 1 unspecified atom stereocenters. The first-order chi connectivity index (χ1) is 15.4. The van der Waals surface area contributed by atoms with Crippen molar-refractivity contribution in [2.75, 3.05) is 19.7 Å². The number of benzene rings is 3. The second-order valence-corrected chi connectivity index (χ2v) is 9.26. The van der Waals surface area contributed by atoms with E-state index in [0.717, 1.165) is 17.7 Å². The molecule has 1 saturated heterocycles. The summed E-state index contributed by atoms with van der Waals surface area (Å²) in [7, 11) is -3.76. The number of hydrogen-bond acceptors (Lipinski definition) is 4. The molecule has 1 N–H and O–H groups in total. The van der Waals surface area contributed by atoms with Crippen molar-refractivity contribution in [1.29, 1.82) is 0 Å². The molecule has 0 radical (unpaired) electrons. The average molecular weight is 455 g/mol. The number of morpholine rings is 1. The first kappa shape index (κ1) is 22.1. The molecule has 8 heteroatoms. The van der Waals surface area contributed by atoms with Gasteiger partial charge >= 0.3 is 0 Å². The molecule has 1 fully saturated rings. The van der Waals surface area contributed by atoms with Crippen LogP contribution in [0.2, 0.25) is 0 Å². The summed E-state index contributed by atoms with van der Waals surface area (Å²) in [5.74, 6) is -0.591. The van der Waals surface area contributed by atoms with Gasteiger partial charge in [0.1, 0.15) is 11.9 Å². The van der Waals surface area contributed by atoms with Crippen molar-refractivity contribution in [1.82, 2.24) is 9.62 Å². The summed E-state index contributed by atoms with van der Waals surface area (Å²) in [6.45, 7) is 1.51. The van der Waals surface area contributed by atoms with Gasteiger partial charge in [-0.2, -0.15) is 0 Å². The third-order valence-corrected chi connectivity index (χ3v) is 6.73. The lowest BCUT2D eigenvalue weighted by molar-refractivity contribution is -0.0228. The van der Waals surface area contributed by atoms with Crippen molar-refractivity contribution < 1.29 is 22.3 Å². The van der Waals surface area contributed by atoms with Crippen molar-refractivity contribution in [3.05, 3.63) is 101 Å². The summed E-state index contributed by atoms with van der Waals surface area (Å²) < 4.78 is 46.0. The molecule has 1 aliphatic rings. The fourth-order valence-corrected chi connectivity index (χ4v) is 4.54. The SMILES string of the molecule is O=C(c1ccc(CNS(=O)(=O)c2ccc(F)cc2)cc1)N1CCOC(c2ccccc2)C1. The van der Waals surface area contributed by atoms with Gasteiger partial charge < -0.3 is 9.64 Å². The quantitative estimate of drug-likeness (QED) is 0.619. The minimum Gasteiger partial charge on any atom is -0.370 e. The van der Waals surface area contributed by atoms with Gasteiger partial charge in [0.2, 0.25) is 10.0 Å². The van der Waals surface area contributed by atoms with E-state index in [4.69, 9.17) is 4.74 Å². The molecule has 32 heavy (non-hydrogen) atoms. The smallest absolute Gasteiger partial charge is 0.254 e. The lowest BCUT2D eigenvalue weighted by atomic mass is 10.1. The molecule has 6 nitrogen and oxygen atoms in total. The molecule has 1 amide bonds. The van der Waals surface area contributed by atoms with Crippen molar-refractivity contribution in [2.24, 2.45) is 0 Å². The molecule has 1 atom stereocenters. The van der Waals surface area contributed by atoms with Crippen LogP contribution in [-0.2, 0) is 21.3 Å². The maximum absolute atomic E-state index is 13.0. The van der Waals surface area contributed by atoms with E-state index < -0.39 is 15.8 Å². The second kappa shape index (κ2) is 9.60. The van der Waals surface area contributed by atoms with Crippen molar-refractivity contribution in [3.8, 4) is 0 Å². The van der Waals surface area contributed by atoms with E-state index in [1.807, 2.05) is 30.3 Å². The topological polar surface area (TPSA) is 75.7 Å². The maximum Gasteiger partial charge on any atom is 0.254 e. The molecule has 4 rings (SSSR count). The van der Waals surface area contributed by atoms with Crippen LogP contribution in [0.15, 0.2) is 83.8 Å². The Balaban J connectivity index is 1.37. The molecule has 3 aromatic carbocycles. The summed E-state index contributed by atoms with van der Waals surface area (Å²) in [6, 6.07) is 21.3. The monoisotopic (exact) mass is 454 g/mol. The van der Waals surface area contributed by atoms with E-state index in [2.05, 4.69) is 4.72 Å². The van der Waals surface area contributed by atoms with E-state index in [1.165, 1.54) is 12.1 Å². The number of carbonyl (C=O) groups excluding carboxylic acids is 1. The fourth-order valence-electron chi connectivity index (χ4n) is 3.53. The fraction of sp³-hybridized carbons (Fsp3) is 0.208. The lowest BCUT2D eigenvalue weighted by Crippen LogP contribution is -2.42. The van der Waals surface area contributed by atoms with Crippen molar-refractivity contribution in [3.63, 3.8) is 0 Å². The molecule has 1 heterocycles. The van der Waals surface area contributed by atoms with Crippen LogP contribution in [0.5, 0.6) is 0 Å². The predicted molar refractivity (Wildman–Crippen MR) is 118 cm³/mol. The van der Waals surface area contributed by atoms with Crippen LogP contribution in [0, 0.1) is 5.82 Å². The first-order valence-electron chi connectivity index (χ1n) is 10.2.